The monoisotopic (exact) mass is 344 g/mol. The van der Waals surface area contributed by atoms with Gasteiger partial charge in [-0.1, -0.05) is 30.3 Å². The summed E-state index contributed by atoms with van der Waals surface area (Å²) in [5.74, 6) is 0. The van der Waals surface area contributed by atoms with Crippen molar-refractivity contribution in [1.82, 2.24) is 5.32 Å². The SMILES string of the molecule is Cc1ccc(NC(=O)NC2Cc3ccccc3C2)cc1S(C)(=O)=O. The van der Waals surface area contributed by atoms with E-state index < -0.39 is 9.84 Å². The molecule has 0 aliphatic heterocycles. The predicted molar refractivity (Wildman–Crippen MR) is 94.1 cm³/mol. The van der Waals surface area contributed by atoms with Crippen LogP contribution in [-0.2, 0) is 22.7 Å². The van der Waals surface area contributed by atoms with Crippen molar-refractivity contribution in [1.29, 1.82) is 0 Å². The van der Waals surface area contributed by atoms with Crippen LogP contribution in [0, 0.1) is 6.92 Å². The van der Waals surface area contributed by atoms with E-state index in [1.807, 2.05) is 12.1 Å². The molecular weight excluding hydrogens is 324 g/mol. The molecule has 126 valence electrons. The van der Waals surface area contributed by atoms with Crippen molar-refractivity contribution >= 4 is 21.6 Å². The third kappa shape index (κ3) is 3.59. The molecule has 0 saturated carbocycles. The number of carbonyl (C=O) groups excluding carboxylic acids is 1. The zero-order valence-electron chi connectivity index (χ0n) is 13.7. The Morgan fingerprint density at radius 3 is 2.29 bits per heavy atom. The van der Waals surface area contributed by atoms with Crippen molar-refractivity contribution in [3.05, 3.63) is 59.2 Å². The summed E-state index contributed by atoms with van der Waals surface area (Å²) in [6.07, 6.45) is 2.78. The maximum atomic E-state index is 12.2. The molecule has 24 heavy (non-hydrogen) atoms. The second-order valence-corrected chi connectivity index (χ2v) is 8.21. The van der Waals surface area contributed by atoms with Crippen LogP contribution in [0.15, 0.2) is 47.4 Å². The van der Waals surface area contributed by atoms with Crippen molar-refractivity contribution < 1.29 is 13.2 Å². The van der Waals surface area contributed by atoms with Gasteiger partial charge in [-0.25, -0.2) is 13.2 Å². The Kier molecular flexibility index (Phi) is 4.32. The average molecular weight is 344 g/mol. The zero-order chi connectivity index (χ0) is 17.3. The number of carbonyl (C=O) groups is 1. The Balaban J connectivity index is 1.66. The highest BCUT2D eigenvalue weighted by Gasteiger charge is 2.22. The van der Waals surface area contributed by atoms with Crippen LogP contribution in [0.1, 0.15) is 16.7 Å². The molecule has 1 aliphatic rings. The standard InChI is InChI=1S/C18H20N2O3S/c1-12-7-8-15(11-17(12)24(2,22)23)19-18(21)20-16-9-13-5-3-4-6-14(13)10-16/h3-8,11,16H,9-10H2,1-2H3,(H2,19,20,21). The van der Waals surface area contributed by atoms with Gasteiger partial charge in [0, 0.05) is 18.0 Å². The molecule has 2 aromatic carbocycles. The molecule has 0 radical (unpaired) electrons. The fraction of sp³-hybridized carbons (Fsp3) is 0.278. The van der Waals surface area contributed by atoms with Gasteiger partial charge in [-0.15, -0.1) is 0 Å². The van der Waals surface area contributed by atoms with E-state index in [0.29, 0.717) is 11.3 Å². The van der Waals surface area contributed by atoms with Gasteiger partial charge < -0.3 is 10.6 Å². The summed E-state index contributed by atoms with van der Waals surface area (Å²) < 4.78 is 23.5. The molecule has 6 heteroatoms. The number of benzene rings is 2. The molecule has 0 saturated heterocycles. The molecule has 0 atom stereocenters. The minimum Gasteiger partial charge on any atom is -0.334 e. The maximum absolute atomic E-state index is 12.2. The summed E-state index contributed by atoms with van der Waals surface area (Å²) >= 11 is 0. The molecule has 0 aromatic heterocycles. The molecular formula is C18H20N2O3S. The fourth-order valence-corrected chi connectivity index (χ4v) is 4.08. The lowest BCUT2D eigenvalue weighted by atomic mass is 10.1. The highest BCUT2D eigenvalue weighted by molar-refractivity contribution is 7.90. The van der Waals surface area contributed by atoms with Crippen LogP contribution in [0.5, 0.6) is 0 Å². The van der Waals surface area contributed by atoms with Crippen molar-refractivity contribution in [2.45, 2.75) is 30.7 Å². The van der Waals surface area contributed by atoms with Crippen molar-refractivity contribution in [3.8, 4) is 0 Å². The minimum atomic E-state index is -3.32. The Morgan fingerprint density at radius 1 is 1.08 bits per heavy atom. The van der Waals surface area contributed by atoms with E-state index in [2.05, 4.69) is 22.8 Å². The molecule has 2 N–H and O–H groups in total. The number of hydrogen-bond acceptors (Lipinski definition) is 3. The van der Waals surface area contributed by atoms with Crippen LogP contribution < -0.4 is 10.6 Å². The Hall–Kier alpha value is -2.34. The smallest absolute Gasteiger partial charge is 0.319 e. The number of hydrogen-bond donors (Lipinski definition) is 2. The van der Waals surface area contributed by atoms with Crippen molar-refractivity contribution in [2.75, 3.05) is 11.6 Å². The summed E-state index contributed by atoms with van der Waals surface area (Å²) in [4.78, 5) is 12.4. The van der Waals surface area contributed by atoms with E-state index in [1.165, 1.54) is 17.2 Å². The molecule has 0 heterocycles. The minimum absolute atomic E-state index is 0.0576. The summed E-state index contributed by atoms with van der Waals surface area (Å²) in [6, 6.07) is 12.8. The quantitative estimate of drug-likeness (QED) is 0.899. The van der Waals surface area contributed by atoms with Gasteiger partial charge in [0.25, 0.3) is 0 Å². The predicted octanol–water partition coefficient (Wildman–Crippen LogP) is 2.69. The topological polar surface area (TPSA) is 75.3 Å². The number of rotatable bonds is 3. The van der Waals surface area contributed by atoms with Gasteiger partial charge in [-0.3, -0.25) is 0 Å². The third-order valence-corrected chi connectivity index (χ3v) is 5.47. The van der Waals surface area contributed by atoms with Crippen molar-refractivity contribution in [3.63, 3.8) is 0 Å². The number of fused-ring (bicyclic) bond motifs is 1. The maximum Gasteiger partial charge on any atom is 0.319 e. The molecule has 2 aromatic rings. The second-order valence-electron chi connectivity index (χ2n) is 6.22. The molecule has 0 unspecified atom stereocenters. The number of sulfone groups is 1. The van der Waals surface area contributed by atoms with Gasteiger partial charge in [-0.2, -0.15) is 0 Å². The summed E-state index contributed by atoms with van der Waals surface area (Å²) in [5.41, 5.74) is 3.65. The van der Waals surface area contributed by atoms with Crippen LogP contribution in [0.2, 0.25) is 0 Å². The lowest BCUT2D eigenvalue weighted by molar-refractivity contribution is 0.249. The van der Waals surface area contributed by atoms with Gasteiger partial charge in [-0.05, 0) is 48.6 Å². The number of amides is 2. The Bertz CT molecular complexity index is 866. The van der Waals surface area contributed by atoms with Crippen molar-refractivity contribution in [2.24, 2.45) is 0 Å². The second kappa shape index (κ2) is 6.28. The molecule has 0 spiro atoms. The van der Waals surface area contributed by atoms with Crippen LogP contribution in [-0.4, -0.2) is 26.7 Å². The molecule has 3 rings (SSSR count). The molecule has 0 fully saturated rings. The lowest BCUT2D eigenvalue weighted by Crippen LogP contribution is -2.38. The third-order valence-electron chi connectivity index (χ3n) is 4.23. The first kappa shape index (κ1) is 16.5. The van der Waals surface area contributed by atoms with Crippen LogP contribution >= 0.6 is 0 Å². The van der Waals surface area contributed by atoms with Gasteiger partial charge in [0.15, 0.2) is 9.84 Å². The summed E-state index contributed by atoms with van der Waals surface area (Å²) in [5, 5.41) is 5.67. The molecule has 1 aliphatic carbocycles. The van der Waals surface area contributed by atoms with E-state index in [1.54, 1.807) is 19.1 Å². The highest BCUT2D eigenvalue weighted by atomic mass is 32.2. The normalized spacial score (nSPS) is 14.2. The highest BCUT2D eigenvalue weighted by Crippen LogP contribution is 2.22. The Labute approximate surface area is 142 Å². The van der Waals surface area contributed by atoms with Gasteiger partial charge in [0.2, 0.25) is 0 Å². The first-order valence-electron chi connectivity index (χ1n) is 7.78. The number of aryl methyl sites for hydroxylation is 1. The van der Waals surface area contributed by atoms with Gasteiger partial charge in [0.1, 0.15) is 0 Å². The number of urea groups is 1. The average Bonchev–Trinajstić information content (AvgIpc) is 2.90. The van der Waals surface area contributed by atoms with E-state index in [0.717, 1.165) is 19.1 Å². The molecule has 0 bridgehead atoms. The summed E-state index contributed by atoms with van der Waals surface area (Å²) in [7, 11) is -3.32. The van der Waals surface area contributed by atoms with E-state index >= 15 is 0 Å². The zero-order valence-corrected chi connectivity index (χ0v) is 14.5. The van der Waals surface area contributed by atoms with E-state index in [4.69, 9.17) is 0 Å². The van der Waals surface area contributed by atoms with Gasteiger partial charge in [0.05, 0.1) is 4.90 Å². The van der Waals surface area contributed by atoms with E-state index in [9.17, 15) is 13.2 Å². The number of nitrogens with one attached hydrogen (secondary N) is 2. The van der Waals surface area contributed by atoms with Crippen LogP contribution in [0.3, 0.4) is 0 Å². The van der Waals surface area contributed by atoms with Crippen LogP contribution in [0.25, 0.3) is 0 Å². The first-order chi connectivity index (χ1) is 11.3. The fourth-order valence-electron chi connectivity index (χ4n) is 3.09. The Morgan fingerprint density at radius 2 is 1.71 bits per heavy atom. The van der Waals surface area contributed by atoms with E-state index in [-0.39, 0.29) is 17.0 Å². The molecule has 2 amide bonds. The first-order valence-corrected chi connectivity index (χ1v) is 9.67. The summed E-state index contributed by atoms with van der Waals surface area (Å²) in [6.45, 7) is 1.73. The lowest BCUT2D eigenvalue weighted by Gasteiger charge is -2.14. The van der Waals surface area contributed by atoms with Gasteiger partial charge >= 0.3 is 6.03 Å². The van der Waals surface area contributed by atoms with Crippen LogP contribution in [0.4, 0.5) is 10.5 Å². The molecule has 5 nitrogen and oxygen atoms in total. The largest absolute Gasteiger partial charge is 0.334 e. The number of anilines is 1.